The number of rotatable bonds is 4. The van der Waals surface area contributed by atoms with Crippen LogP contribution >= 0.6 is 0 Å². The second-order valence-corrected chi connectivity index (χ2v) is 5.98. The highest BCUT2D eigenvalue weighted by atomic mass is 16.5. The van der Waals surface area contributed by atoms with Crippen molar-refractivity contribution in [2.24, 2.45) is 5.11 Å². The zero-order chi connectivity index (χ0) is 18.0. The molecule has 3 aromatic rings. The zero-order valence-electron chi connectivity index (χ0n) is 14.3. The molecule has 4 rings (SSSR count). The lowest BCUT2D eigenvalue weighted by Gasteiger charge is -2.20. The van der Waals surface area contributed by atoms with Crippen molar-refractivity contribution in [1.82, 2.24) is 5.32 Å². The number of carbonyl (C=O) groups excluding carboxylic acids is 1. The molecule has 2 amide bonds. The molecule has 0 aromatic heterocycles. The van der Waals surface area contributed by atoms with Crippen LogP contribution in [0, 0.1) is 0 Å². The highest BCUT2D eigenvalue weighted by Gasteiger charge is 2.50. The van der Waals surface area contributed by atoms with Crippen molar-refractivity contribution in [2.75, 3.05) is 7.11 Å². The Hall–Kier alpha value is -3.47. The summed E-state index contributed by atoms with van der Waals surface area (Å²) in [5, 5.41) is 7.86. The van der Waals surface area contributed by atoms with Gasteiger partial charge in [-0.1, -0.05) is 65.4 Å². The molecule has 26 heavy (non-hydrogen) atoms. The van der Waals surface area contributed by atoms with E-state index in [0.29, 0.717) is 5.69 Å². The summed E-state index contributed by atoms with van der Waals surface area (Å²) < 4.78 is 6.59. The van der Waals surface area contributed by atoms with Gasteiger partial charge in [0.2, 0.25) is 0 Å². The van der Waals surface area contributed by atoms with Gasteiger partial charge in [0.05, 0.1) is 7.11 Å². The minimum absolute atomic E-state index is 0.275. The number of amides is 2. The third kappa shape index (κ3) is 2.63. The molecule has 0 saturated heterocycles. The van der Waals surface area contributed by atoms with Crippen LogP contribution in [0.4, 0.5) is 10.5 Å². The number of hydrogen-bond acceptors (Lipinski definition) is 3. The maximum atomic E-state index is 12.8. The molecule has 3 aromatic carbocycles. The smallest absolute Gasteiger partial charge is 0.497 e. The van der Waals surface area contributed by atoms with Crippen LogP contribution in [0.25, 0.3) is 0 Å². The molecule has 0 atom stereocenters. The molecule has 0 aliphatic carbocycles. The fourth-order valence-corrected chi connectivity index (χ4v) is 3.11. The zero-order valence-corrected chi connectivity index (χ0v) is 14.3. The van der Waals surface area contributed by atoms with Crippen LogP contribution in [-0.2, 0) is 5.66 Å². The summed E-state index contributed by atoms with van der Waals surface area (Å²) in [4.78, 5) is 12.8. The Labute approximate surface area is 151 Å². The molecular weight excluding hydrogens is 326 g/mol. The molecule has 5 nitrogen and oxygen atoms in total. The third-order valence-corrected chi connectivity index (χ3v) is 4.43. The molecule has 0 bridgehead atoms. The quantitative estimate of drug-likeness (QED) is 0.713. The second-order valence-electron chi connectivity index (χ2n) is 5.98. The topological polar surface area (TPSA) is 53.7 Å². The second kappa shape index (κ2) is 6.44. The Balaban J connectivity index is 1.87. The van der Waals surface area contributed by atoms with E-state index in [9.17, 15) is 4.79 Å². The first kappa shape index (κ1) is 16.0. The molecule has 1 aliphatic rings. The number of azo groups is 2. The molecule has 1 N–H and O–H groups in total. The summed E-state index contributed by atoms with van der Waals surface area (Å²) in [6.45, 7) is 0. The summed E-state index contributed by atoms with van der Waals surface area (Å²) >= 11 is 0. The van der Waals surface area contributed by atoms with E-state index in [1.54, 1.807) is 7.11 Å². The van der Waals surface area contributed by atoms with Crippen molar-refractivity contribution in [3.8, 4) is 5.75 Å². The van der Waals surface area contributed by atoms with Gasteiger partial charge < -0.3 is 4.74 Å². The molecule has 0 radical (unpaired) electrons. The van der Waals surface area contributed by atoms with Gasteiger partial charge in [-0.25, -0.2) is 0 Å². The van der Waals surface area contributed by atoms with Crippen LogP contribution in [-0.4, -0.2) is 17.8 Å². The van der Waals surface area contributed by atoms with Crippen molar-refractivity contribution in [3.05, 3.63) is 96.1 Å². The van der Waals surface area contributed by atoms with E-state index >= 15 is 0 Å². The molecule has 1 heterocycles. The maximum Gasteiger partial charge on any atom is 0.519 e. The van der Waals surface area contributed by atoms with Gasteiger partial charge in [0, 0.05) is 11.1 Å². The normalized spacial score (nSPS) is 15.3. The van der Waals surface area contributed by atoms with Crippen molar-refractivity contribution >= 4 is 11.7 Å². The third-order valence-electron chi connectivity index (χ3n) is 4.43. The number of carbonyl (C=O) groups is 1. The van der Waals surface area contributed by atoms with E-state index in [-0.39, 0.29) is 6.03 Å². The van der Waals surface area contributed by atoms with E-state index in [1.165, 1.54) is 4.70 Å². The number of methoxy groups -OCH3 is 1. The maximum absolute atomic E-state index is 12.8. The van der Waals surface area contributed by atoms with Crippen molar-refractivity contribution < 1.29 is 14.2 Å². The van der Waals surface area contributed by atoms with Crippen molar-refractivity contribution in [1.29, 1.82) is 0 Å². The van der Waals surface area contributed by atoms with Gasteiger partial charge in [-0.2, -0.15) is 10.1 Å². The molecule has 1 aliphatic heterocycles. The Bertz CT molecular complexity index is 912. The first-order valence-electron chi connectivity index (χ1n) is 8.33. The number of benzene rings is 3. The van der Waals surface area contributed by atoms with Crippen LogP contribution in [0.1, 0.15) is 11.1 Å². The van der Waals surface area contributed by atoms with Gasteiger partial charge in [-0.05, 0) is 29.4 Å². The lowest BCUT2D eigenvalue weighted by atomic mass is 9.92. The number of urea groups is 1. The highest BCUT2D eigenvalue weighted by molar-refractivity contribution is 5.72. The summed E-state index contributed by atoms with van der Waals surface area (Å²) in [5.74, 6) is 0.728. The van der Waals surface area contributed by atoms with Crippen LogP contribution in [0.15, 0.2) is 90.0 Å². The molecule has 0 unspecified atom stereocenters. The van der Waals surface area contributed by atoms with Gasteiger partial charge in [-0.3, -0.25) is 0 Å². The largest absolute Gasteiger partial charge is 0.519 e. The van der Waals surface area contributed by atoms with E-state index in [4.69, 9.17) is 9.85 Å². The summed E-state index contributed by atoms with van der Waals surface area (Å²) in [6, 6.07) is 26.5. The van der Waals surface area contributed by atoms with E-state index in [0.717, 1.165) is 16.9 Å². The summed E-state index contributed by atoms with van der Waals surface area (Å²) in [7, 11) is 1.61. The monoisotopic (exact) mass is 344 g/mol. The Morgan fingerprint density at radius 1 is 0.846 bits per heavy atom. The van der Waals surface area contributed by atoms with Gasteiger partial charge in [-0.15, -0.1) is 0 Å². The minimum Gasteiger partial charge on any atom is -0.497 e. The number of ether oxygens (including phenoxy) is 1. The predicted molar refractivity (Wildman–Crippen MR) is 97.5 cm³/mol. The van der Waals surface area contributed by atoms with E-state index in [2.05, 4.69) is 5.32 Å². The first-order chi connectivity index (χ1) is 12.7. The summed E-state index contributed by atoms with van der Waals surface area (Å²) in [5.41, 5.74) is 1.52. The Morgan fingerprint density at radius 2 is 1.38 bits per heavy atom. The summed E-state index contributed by atoms with van der Waals surface area (Å²) in [6.07, 6.45) is 0. The molecule has 0 spiro atoms. The lowest BCUT2D eigenvalue weighted by molar-refractivity contribution is -0.403. The fraction of sp³-hybridized carbons (Fsp3) is 0.0952. The number of nitrogens with zero attached hydrogens (tertiary/aromatic N) is 2. The average molecular weight is 344 g/mol. The van der Waals surface area contributed by atoms with Gasteiger partial charge in [0.1, 0.15) is 5.75 Å². The van der Waals surface area contributed by atoms with Gasteiger partial charge in [0.25, 0.3) is 5.66 Å². The molecule has 0 saturated carbocycles. The molecule has 5 heteroatoms. The van der Waals surface area contributed by atoms with Crippen LogP contribution in [0.5, 0.6) is 5.75 Å². The standard InChI is InChI=1S/C21H17N3O2/c1-26-19-14-12-18(13-15-19)24-20(25)22-21(23-24,16-8-4-2-5-9-16)17-10-6-3-7-11-17/h2-15H,1H3/p+1. The lowest BCUT2D eigenvalue weighted by Crippen LogP contribution is -2.40. The highest BCUT2D eigenvalue weighted by Crippen LogP contribution is 2.36. The molecule has 128 valence electrons. The van der Waals surface area contributed by atoms with E-state index in [1.807, 2.05) is 84.9 Å². The van der Waals surface area contributed by atoms with Gasteiger partial charge in [0.15, 0.2) is 5.69 Å². The van der Waals surface area contributed by atoms with Gasteiger partial charge >= 0.3 is 6.03 Å². The Kier molecular flexibility index (Phi) is 3.97. The fourth-order valence-electron chi connectivity index (χ4n) is 3.11. The molecular formula is C21H18N3O2+. The predicted octanol–water partition coefficient (Wildman–Crippen LogP) is 4.42. The van der Waals surface area contributed by atoms with Crippen LogP contribution < -0.4 is 10.1 Å². The van der Waals surface area contributed by atoms with Crippen LogP contribution in [0.3, 0.4) is 0 Å². The average Bonchev–Trinajstić information content (AvgIpc) is 3.08. The Morgan fingerprint density at radius 3 is 1.88 bits per heavy atom. The van der Waals surface area contributed by atoms with E-state index < -0.39 is 5.66 Å². The van der Waals surface area contributed by atoms with Crippen molar-refractivity contribution in [3.63, 3.8) is 0 Å². The minimum atomic E-state index is -0.959. The van der Waals surface area contributed by atoms with Crippen molar-refractivity contribution in [2.45, 2.75) is 5.66 Å². The number of hydrogen-bond donors (Lipinski definition) is 1. The number of nitrogens with one attached hydrogen (secondary N) is 1. The SMILES string of the molecule is COc1ccc([N+]2=NC(c3ccccc3)(c3ccccc3)NC2=O)cc1. The first-order valence-corrected chi connectivity index (χ1v) is 8.33. The molecule has 0 fully saturated rings. The van der Waals surface area contributed by atoms with Crippen LogP contribution in [0.2, 0.25) is 0 Å².